The molecule has 1 aliphatic rings. The molecule has 1 fully saturated rings. The molecule has 1 aromatic carbocycles. The fourth-order valence-corrected chi connectivity index (χ4v) is 2.46. The summed E-state index contributed by atoms with van der Waals surface area (Å²) in [6, 6.07) is 5.83. The van der Waals surface area contributed by atoms with Crippen LogP contribution in [0.3, 0.4) is 0 Å². The van der Waals surface area contributed by atoms with E-state index in [4.69, 9.17) is 16.1 Å². The molecule has 0 bridgehead atoms. The summed E-state index contributed by atoms with van der Waals surface area (Å²) in [5.74, 6) is 0.759. The number of hydrogen-bond donors (Lipinski definition) is 0. The molecule has 0 N–H and O–H groups in total. The molecule has 126 valence electrons. The maximum atomic E-state index is 12.5. The summed E-state index contributed by atoms with van der Waals surface area (Å²) in [6.07, 6.45) is -2.79. The Morgan fingerprint density at radius 3 is 2.48 bits per heavy atom. The van der Waals surface area contributed by atoms with Gasteiger partial charge < -0.3 is 9.26 Å². The number of benzene rings is 1. The van der Waals surface area contributed by atoms with E-state index in [1.54, 1.807) is 6.07 Å². The van der Waals surface area contributed by atoms with Crippen molar-refractivity contribution in [2.24, 2.45) is 0 Å². The summed E-state index contributed by atoms with van der Waals surface area (Å²) in [5.41, 5.74) is 1.17. The molecule has 0 atom stereocenters. The predicted molar refractivity (Wildman–Crippen MR) is 81.5 cm³/mol. The molecule has 3 rings (SSSR count). The summed E-state index contributed by atoms with van der Waals surface area (Å²) in [6.45, 7) is 4.00. The fourth-order valence-electron chi connectivity index (χ4n) is 2.20. The number of halogens is 4. The van der Waals surface area contributed by atoms with Crippen molar-refractivity contribution in [2.75, 3.05) is 0 Å². The highest BCUT2D eigenvalue weighted by Crippen LogP contribution is 2.45. The number of alkyl halides is 4. The molecule has 0 aliphatic heterocycles. The van der Waals surface area contributed by atoms with Gasteiger partial charge in [0, 0.05) is 17.0 Å². The summed E-state index contributed by atoms with van der Waals surface area (Å²) in [4.78, 5) is 0. The zero-order valence-electron chi connectivity index (χ0n) is 12.8. The zero-order chi connectivity index (χ0) is 17.0. The number of para-hydroxylation sites is 1. The molecule has 1 heterocycles. The van der Waals surface area contributed by atoms with Gasteiger partial charge in [0.2, 0.25) is 0 Å². The van der Waals surface area contributed by atoms with Crippen molar-refractivity contribution in [3.05, 3.63) is 35.6 Å². The lowest BCUT2D eigenvalue weighted by Gasteiger charge is -2.12. The average Bonchev–Trinajstić information content (AvgIpc) is 3.28. The molecule has 0 spiro atoms. The van der Waals surface area contributed by atoms with Crippen LogP contribution in [0, 0.1) is 0 Å². The Kier molecular flexibility index (Phi) is 5.57. The van der Waals surface area contributed by atoms with Gasteiger partial charge in [-0.15, -0.1) is 24.8 Å². The van der Waals surface area contributed by atoms with Gasteiger partial charge in [-0.2, -0.15) is 0 Å². The first-order chi connectivity index (χ1) is 11.0. The molecular formula is C16H17ClF3NO2. The van der Waals surface area contributed by atoms with Crippen LogP contribution in [0.1, 0.15) is 43.9 Å². The second kappa shape index (κ2) is 7.25. The third-order valence-corrected chi connectivity index (χ3v) is 3.54. The molecule has 1 aromatic heterocycles. The minimum atomic E-state index is -4.76. The van der Waals surface area contributed by atoms with Gasteiger partial charge in [-0.05, 0) is 25.0 Å². The van der Waals surface area contributed by atoms with E-state index in [-0.39, 0.29) is 23.1 Å². The Balaban J connectivity index is 0.000000924. The molecule has 3 nitrogen and oxygen atoms in total. The SMILES string of the molecule is CC.FC(F)(F)Oc1ccccc1-c1noc(C2CC2)c1CCl. The molecule has 1 aliphatic carbocycles. The lowest BCUT2D eigenvalue weighted by Crippen LogP contribution is -2.17. The minimum absolute atomic E-state index is 0.130. The molecule has 0 amide bonds. The monoisotopic (exact) mass is 347 g/mol. The number of ether oxygens (including phenoxy) is 1. The largest absolute Gasteiger partial charge is 0.573 e. The van der Waals surface area contributed by atoms with Gasteiger partial charge >= 0.3 is 6.36 Å². The van der Waals surface area contributed by atoms with Crippen molar-refractivity contribution < 1.29 is 22.4 Å². The van der Waals surface area contributed by atoms with Crippen LogP contribution < -0.4 is 4.74 Å². The van der Waals surface area contributed by atoms with Gasteiger partial charge in [0.15, 0.2) is 0 Å². The topological polar surface area (TPSA) is 35.3 Å². The first kappa shape index (κ1) is 17.7. The van der Waals surface area contributed by atoms with Crippen LogP contribution in [0.2, 0.25) is 0 Å². The molecule has 0 unspecified atom stereocenters. The summed E-state index contributed by atoms with van der Waals surface area (Å²) >= 11 is 5.92. The number of aromatic nitrogens is 1. The van der Waals surface area contributed by atoms with Crippen molar-refractivity contribution in [2.45, 2.75) is 44.8 Å². The van der Waals surface area contributed by atoms with Gasteiger partial charge in [0.05, 0.1) is 5.88 Å². The van der Waals surface area contributed by atoms with Gasteiger partial charge in [0.25, 0.3) is 0 Å². The van der Waals surface area contributed by atoms with Crippen molar-refractivity contribution in [1.29, 1.82) is 0 Å². The number of rotatable bonds is 4. The first-order valence-electron chi connectivity index (χ1n) is 7.39. The van der Waals surface area contributed by atoms with Crippen molar-refractivity contribution in [3.8, 4) is 17.0 Å². The van der Waals surface area contributed by atoms with Crippen LogP contribution in [-0.4, -0.2) is 11.5 Å². The van der Waals surface area contributed by atoms with E-state index >= 15 is 0 Å². The molecule has 0 radical (unpaired) electrons. The highest BCUT2D eigenvalue weighted by Gasteiger charge is 2.35. The van der Waals surface area contributed by atoms with Crippen LogP contribution in [0.5, 0.6) is 5.75 Å². The van der Waals surface area contributed by atoms with Gasteiger partial charge in [-0.3, -0.25) is 0 Å². The second-order valence-corrected chi connectivity index (χ2v) is 5.09. The molecule has 23 heavy (non-hydrogen) atoms. The summed E-state index contributed by atoms with van der Waals surface area (Å²) in [5, 5.41) is 3.90. The van der Waals surface area contributed by atoms with Crippen LogP contribution >= 0.6 is 11.6 Å². The van der Waals surface area contributed by atoms with Crippen molar-refractivity contribution in [1.82, 2.24) is 5.16 Å². The lowest BCUT2D eigenvalue weighted by molar-refractivity contribution is -0.274. The minimum Gasteiger partial charge on any atom is -0.405 e. The highest BCUT2D eigenvalue weighted by molar-refractivity contribution is 6.17. The Morgan fingerprint density at radius 2 is 1.91 bits per heavy atom. The molecular weight excluding hydrogens is 331 g/mol. The Labute approximate surface area is 137 Å². The van der Waals surface area contributed by atoms with Crippen molar-refractivity contribution in [3.63, 3.8) is 0 Å². The first-order valence-corrected chi connectivity index (χ1v) is 7.92. The average molecular weight is 348 g/mol. The lowest BCUT2D eigenvalue weighted by atomic mass is 10.0. The summed E-state index contributed by atoms with van der Waals surface area (Å²) in [7, 11) is 0. The maximum Gasteiger partial charge on any atom is 0.573 e. The van der Waals surface area contributed by atoms with Crippen LogP contribution in [0.25, 0.3) is 11.3 Å². The zero-order valence-corrected chi connectivity index (χ0v) is 13.5. The van der Waals surface area contributed by atoms with Crippen LogP contribution in [0.15, 0.2) is 28.8 Å². The molecule has 1 saturated carbocycles. The third kappa shape index (κ3) is 4.19. The van der Waals surface area contributed by atoms with Crippen LogP contribution in [0.4, 0.5) is 13.2 Å². The quantitative estimate of drug-likeness (QED) is 0.647. The standard InChI is InChI=1S/C14H11ClF3NO2.C2H6/c15-7-10-12(19-21-13(10)8-5-6-8)9-3-1-2-4-11(9)20-14(16,17)18;1-2/h1-4,8H,5-7H2;1-2H3. The van der Waals surface area contributed by atoms with E-state index in [2.05, 4.69) is 9.89 Å². The summed E-state index contributed by atoms with van der Waals surface area (Å²) < 4.78 is 46.7. The Bertz CT molecular complexity index is 651. The van der Waals surface area contributed by atoms with Gasteiger partial charge in [0.1, 0.15) is 17.2 Å². The van der Waals surface area contributed by atoms with E-state index in [1.807, 2.05) is 13.8 Å². The maximum absolute atomic E-state index is 12.5. The fraction of sp³-hybridized carbons (Fsp3) is 0.438. The van der Waals surface area contributed by atoms with E-state index in [9.17, 15) is 13.2 Å². The van der Waals surface area contributed by atoms with Gasteiger partial charge in [-0.25, -0.2) is 0 Å². The van der Waals surface area contributed by atoms with E-state index in [0.717, 1.165) is 12.8 Å². The highest BCUT2D eigenvalue weighted by atomic mass is 35.5. The molecule has 7 heteroatoms. The number of hydrogen-bond acceptors (Lipinski definition) is 3. The second-order valence-electron chi connectivity index (χ2n) is 4.83. The van der Waals surface area contributed by atoms with E-state index in [1.165, 1.54) is 18.2 Å². The van der Waals surface area contributed by atoms with E-state index in [0.29, 0.717) is 17.0 Å². The molecule has 0 saturated heterocycles. The smallest absolute Gasteiger partial charge is 0.405 e. The number of nitrogens with zero attached hydrogens (tertiary/aromatic N) is 1. The molecule has 2 aromatic rings. The normalized spacial score (nSPS) is 14.2. The van der Waals surface area contributed by atoms with E-state index < -0.39 is 6.36 Å². The van der Waals surface area contributed by atoms with Gasteiger partial charge in [-0.1, -0.05) is 31.1 Å². The third-order valence-electron chi connectivity index (χ3n) is 3.27. The van der Waals surface area contributed by atoms with Crippen molar-refractivity contribution >= 4 is 11.6 Å². The predicted octanol–water partition coefficient (Wildman–Crippen LogP) is 5.88. The Hall–Kier alpha value is -1.69. The Morgan fingerprint density at radius 1 is 1.26 bits per heavy atom. The van der Waals surface area contributed by atoms with Crippen LogP contribution in [-0.2, 0) is 5.88 Å².